The number of urea groups is 1. The number of nitrogens with one attached hydrogen (secondary N) is 3. The lowest BCUT2D eigenvalue weighted by molar-refractivity contribution is 0.252. The van der Waals surface area contributed by atoms with Crippen LogP contribution in [-0.2, 0) is 0 Å². The Morgan fingerprint density at radius 1 is 1.22 bits per heavy atom. The monoisotopic (exact) mass is 537 g/mol. The first-order valence-corrected chi connectivity index (χ1v) is 11.8. The Hall–Kier alpha value is -4.40. The van der Waals surface area contributed by atoms with Crippen molar-refractivity contribution in [1.82, 2.24) is 24.8 Å². The number of nitriles is 1. The van der Waals surface area contributed by atoms with E-state index >= 15 is 0 Å². The van der Waals surface area contributed by atoms with Crippen LogP contribution in [-0.4, -0.2) is 32.1 Å². The standard InChI is InChI=1S/C24H21Cl2N9O2/c1-3-29-24(37)33-13-7-8-15(25)18(9-13)35-22(34-17-6-4-5-16(26)19(17)23(35)36)12(2)32-21-14(10-27)20(28)30-11-31-21/h4-9,11-12H,3H2,1-2H3,(H2,29,33,37)(H3,28,30,31,32). The number of amides is 2. The Morgan fingerprint density at radius 2 is 2.00 bits per heavy atom. The molecule has 5 N–H and O–H groups in total. The van der Waals surface area contributed by atoms with Crippen molar-refractivity contribution < 1.29 is 4.79 Å². The van der Waals surface area contributed by atoms with Crippen LogP contribution in [0.2, 0.25) is 10.0 Å². The van der Waals surface area contributed by atoms with Gasteiger partial charge < -0.3 is 21.7 Å². The van der Waals surface area contributed by atoms with Crippen LogP contribution in [0.25, 0.3) is 16.6 Å². The summed E-state index contributed by atoms with van der Waals surface area (Å²) in [6.07, 6.45) is 1.22. The number of anilines is 3. The molecule has 2 heterocycles. The maximum Gasteiger partial charge on any atom is 0.319 e. The summed E-state index contributed by atoms with van der Waals surface area (Å²) in [5.74, 6) is 0.431. The highest BCUT2D eigenvalue weighted by Crippen LogP contribution is 2.30. The van der Waals surface area contributed by atoms with E-state index < -0.39 is 17.6 Å². The third-order valence-corrected chi connectivity index (χ3v) is 6.02. The van der Waals surface area contributed by atoms with Crippen LogP contribution in [0.15, 0.2) is 47.5 Å². The lowest BCUT2D eigenvalue weighted by atomic mass is 10.2. The summed E-state index contributed by atoms with van der Waals surface area (Å²) in [5, 5.41) is 18.6. The van der Waals surface area contributed by atoms with Crippen LogP contribution in [0.1, 0.15) is 31.3 Å². The summed E-state index contributed by atoms with van der Waals surface area (Å²) in [4.78, 5) is 38.6. The highest BCUT2D eigenvalue weighted by Gasteiger charge is 2.23. The maximum absolute atomic E-state index is 13.8. The number of benzene rings is 2. The van der Waals surface area contributed by atoms with Gasteiger partial charge in [-0.2, -0.15) is 5.26 Å². The Labute approximate surface area is 221 Å². The van der Waals surface area contributed by atoms with Crippen LogP contribution >= 0.6 is 23.2 Å². The molecule has 0 bridgehead atoms. The molecule has 2 aromatic carbocycles. The van der Waals surface area contributed by atoms with E-state index in [0.29, 0.717) is 17.7 Å². The van der Waals surface area contributed by atoms with E-state index in [1.807, 2.05) is 6.07 Å². The molecule has 11 nitrogen and oxygen atoms in total. The Balaban J connectivity index is 1.93. The smallest absolute Gasteiger partial charge is 0.319 e. The van der Waals surface area contributed by atoms with Gasteiger partial charge in [-0.3, -0.25) is 9.36 Å². The predicted octanol–water partition coefficient (Wildman–Crippen LogP) is 4.25. The summed E-state index contributed by atoms with van der Waals surface area (Å²) in [6.45, 7) is 3.96. The molecule has 0 saturated heterocycles. The normalized spacial score (nSPS) is 11.5. The second-order valence-corrected chi connectivity index (χ2v) is 8.67. The quantitative estimate of drug-likeness (QED) is 0.283. The van der Waals surface area contributed by atoms with Crippen LogP contribution < -0.4 is 27.2 Å². The molecule has 188 valence electrons. The van der Waals surface area contributed by atoms with E-state index in [1.165, 1.54) is 10.9 Å². The highest BCUT2D eigenvalue weighted by molar-refractivity contribution is 6.35. The molecular weight excluding hydrogens is 517 g/mol. The third kappa shape index (κ3) is 5.11. The summed E-state index contributed by atoms with van der Waals surface area (Å²) >= 11 is 12.9. The third-order valence-electron chi connectivity index (χ3n) is 5.38. The topological polar surface area (TPSA) is 164 Å². The largest absolute Gasteiger partial charge is 0.382 e. The highest BCUT2D eigenvalue weighted by atomic mass is 35.5. The number of carbonyl (C=O) groups excluding carboxylic acids is 1. The van der Waals surface area contributed by atoms with Crippen molar-refractivity contribution in [1.29, 1.82) is 5.26 Å². The minimum Gasteiger partial charge on any atom is -0.382 e. The minimum atomic E-state index is -0.673. The van der Waals surface area contributed by atoms with Gasteiger partial charge in [-0.25, -0.2) is 19.7 Å². The maximum atomic E-state index is 13.8. The molecule has 0 aliphatic heterocycles. The average Bonchev–Trinajstić information content (AvgIpc) is 2.85. The van der Waals surface area contributed by atoms with Crippen molar-refractivity contribution in [2.45, 2.75) is 19.9 Å². The van der Waals surface area contributed by atoms with Gasteiger partial charge in [-0.15, -0.1) is 0 Å². The van der Waals surface area contributed by atoms with E-state index in [1.54, 1.807) is 50.2 Å². The lowest BCUT2D eigenvalue weighted by Gasteiger charge is -2.22. The average molecular weight is 538 g/mol. The summed E-state index contributed by atoms with van der Waals surface area (Å²) in [5.41, 5.74) is 6.44. The van der Waals surface area contributed by atoms with Gasteiger partial charge in [0, 0.05) is 12.2 Å². The van der Waals surface area contributed by atoms with Crippen LogP contribution in [0.5, 0.6) is 0 Å². The molecule has 0 aliphatic carbocycles. The van der Waals surface area contributed by atoms with E-state index in [0.717, 1.165) is 0 Å². The lowest BCUT2D eigenvalue weighted by Crippen LogP contribution is -2.29. The number of fused-ring (bicyclic) bond motifs is 1. The van der Waals surface area contributed by atoms with E-state index in [2.05, 4.69) is 25.9 Å². The molecule has 0 spiro atoms. The van der Waals surface area contributed by atoms with Gasteiger partial charge >= 0.3 is 6.03 Å². The fourth-order valence-corrected chi connectivity index (χ4v) is 4.17. The van der Waals surface area contributed by atoms with Crippen molar-refractivity contribution >= 4 is 57.5 Å². The van der Waals surface area contributed by atoms with E-state index in [9.17, 15) is 14.9 Å². The first-order valence-electron chi connectivity index (χ1n) is 11.1. The summed E-state index contributed by atoms with van der Waals surface area (Å²) in [6, 6.07) is 10.6. The van der Waals surface area contributed by atoms with E-state index in [-0.39, 0.29) is 44.1 Å². The van der Waals surface area contributed by atoms with Crippen molar-refractivity contribution in [3.8, 4) is 11.8 Å². The zero-order chi connectivity index (χ0) is 26.7. The number of hydrogen-bond donors (Lipinski definition) is 4. The zero-order valence-electron chi connectivity index (χ0n) is 19.7. The van der Waals surface area contributed by atoms with Gasteiger partial charge in [0.2, 0.25) is 0 Å². The number of rotatable bonds is 6. The molecule has 4 aromatic rings. The SMILES string of the molecule is CCNC(=O)Nc1ccc(Cl)c(-n2c(C(C)Nc3ncnc(N)c3C#N)nc3cccc(Cl)c3c2=O)c1. The fraction of sp³-hybridized carbons (Fsp3) is 0.167. The van der Waals surface area contributed by atoms with Crippen molar-refractivity contribution in [2.24, 2.45) is 0 Å². The number of nitrogens with zero attached hydrogens (tertiary/aromatic N) is 5. The molecule has 0 radical (unpaired) electrons. The van der Waals surface area contributed by atoms with Gasteiger partial charge in [-0.05, 0) is 44.2 Å². The number of nitrogens with two attached hydrogens (primary N) is 1. The molecule has 1 unspecified atom stereocenters. The van der Waals surface area contributed by atoms with Crippen LogP contribution in [0.3, 0.4) is 0 Å². The molecule has 37 heavy (non-hydrogen) atoms. The molecule has 2 aromatic heterocycles. The first-order chi connectivity index (χ1) is 17.7. The molecule has 13 heteroatoms. The van der Waals surface area contributed by atoms with Gasteiger partial charge in [-0.1, -0.05) is 29.3 Å². The van der Waals surface area contributed by atoms with Gasteiger partial charge in [0.25, 0.3) is 5.56 Å². The molecule has 0 saturated carbocycles. The molecular formula is C24H21Cl2N9O2. The van der Waals surface area contributed by atoms with E-state index in [4.69, 9.17) is 33.9 Å². The number of halogens is 2. The minimum absolute atomic E-state index is 0.00928. The molecule has 1 atom stereocenters. The number of aromatic nitrogens is 4. The Kier molecular flexibility index (Phi) is 7.42. The van der Waals surface area contributed by atoms with Crippen molar-refractivity contribution in [2.75, 3.05) is 22.9 Å². The predicted molar refractivity (Wildman–Crippen MR) is 143 cm³/mol. The Morgan fingerprint density at radius 3 is 2.73 bits per heavy atom. The molecule has 2 amide bonds. The fourth-order valence-electron chi connectivity index (χ4n) is 3.72. The summed E-state index contributed by atoms with van der Waals surface area (Å²) < 4.78 is 1.31. The first kappa shape index (κ1) is 25.7. The molecule has 0 fully saturated rings. The second kappa shape index (κ2) is 10.7. The second-order valence-electron chi connectivity index (χ2n) is 7.86. The van der Waals surface area contributed by atoms with Crippen molar-refractivity contribution in [3.63, 3.8) is 0 Å². The van der Waals surface area contributed by atoms with Crippen molar-refractivity contribution in [3.05, 3.63) is 74.5 Å². The van der Waals surface area contributed by atoms with Gasteiger partial charge in [0.1, 0.15) is 35.4 Å². The molecule has 0 aliphatic rings. The number of nitrogen functional groups attached to an aromatic ring is 1. The van der Waals surface area contributed by atoms with Crippen LogP contribution in [0.4, 0.5) is 22.1 Å². The molecule has 4 rings (SSSR count). The summed E-state index contributed by atoms with van der Waals surface area (Å²) in [7, 11) is 0. The Bertz CT molecular complexity index is 1610. The van der Waals surface area contributed by atoms with Crippen LogP contribution in [0, 0.1) is 11.3 Å². The van der Waals surface area contributed by atoms with Gasteiger partial charge in [0.15, 0.2) is 0 Å². The zero-order valence-corrected chi connectivity index (χ0v) is 21.2. The number of carbonyl (C=O) groups is 1. The number of hydrogen-bond acceptors (Lipinski definition) is 8. The van der Waals surface area contributed by atoms with Gasteiger partial charge in [0.05, 0.1) is 32.7 Å².